The molecule has 0 saturated heterocycles. The maximum Gasteiger partial charge on any atom is 0.108 e. The normalized spacial score (nSPS) is 9.79. The molecule has 136 heavy (non-hydrogen) atoms. The van der Waals surface area contributed by atoms with Crippen LogP contribution in [0, 0.1) is 6.65 Å². The summed E-state index contributed by atoms with van der Waals surface area (Å²) in [4.78, 5) is 35.0. The third-order valence-corrected chi connectivity index (χ3v) is 32.4. The smallest absolute Gasteiger partial charge is 0.108 e. The van der Waals surface area contributed by atoms with Crippen LogP contribution in [-0.4, -0.2) is 36.7 Å². The van der Waals surface area contributed by atoms with Gasteiger partial charge in [-0.15, -0.1) is 11.6 Å². The van der Waals surface area contributed by atoms with E-state index in [1.165, 1.54) is 69.0 Å². The average Bonchev–Trinajstić information content (AvgIpc) is 0.831. The van der Waals surface area contributed by atoms with Crippen molar-refractivity contribution in [2.45, 2.75) is 54.3 Å². The fourth-order valence-corrected chi connectivity index (χ4v) is 25.5. The van der Waals surface area contributed by atoms with Crippen molar-refractivity contribution < 1.29 is 44.1 Å². The van der Waals surface area contributed by atoms with Crippen molar-refractivity contribution in [2.24, 2.45) is 0 Å². The Bertz CT molecular complexity index is 5460. The number of carbonyl (C=O) groups excluding carboxylic acids is 1. The van der Waals surface area contributed by atoms with Gasteiger partial charge in [0.1, 0.15) is 6.16 Å². The van der Waals surface area contributed by atoms with Crippen LogP contribution in [-0.2, 0) is 62.3 Å². The third-order valence-electron chi connectivity index (χ3n) is 19.5. The van der Waals surface area contributed by atoms with E-state index < -0.39 is 39.6 Å². The first-order valence-electron chi connectivity index (χ1n) is 42.6. The summed E-state index contributed by atoms with van der Waals surface area (Å²) in [6, 6.07) is 176. The number of rotatable bonds is 21. The number of halogens is 3. The molecule has 0 fully saturated rings. The standard InChI is InChI=1S/2C23H19N2P.3C18H15P.C11H9ClN2.C2H6.CHO.CO.3CH4.2ClH.2Ru.H/c2*1-3-11-20(12-4-1)26(21-13-5-2-6-14-21)18-19-10-9-16-23(25-19)22-15-7-8-17-24-22;3*1-4-10-16(11-5-1)19(17-12-6-2-7-13-17)18-14-8-3-9-15-18;12-8-9-4-3-6-11(14-9)10-5-1-2-7-13-10;3*1-2;;;;;;;;/h2*1-17H,18H2;3*1-15H;1-7H,8H2;1-2H3;1H;;3*1H4;2*1H;;;/q;;;;;;;-1;;;;;;;2*+1;/p-1. The number of nitrogens with zero attached hydrogens (tertiary/aromatic N) is 6. The second-order valence-electron chi connectivity index (χ2n) is 28.0. The molecule has 0 unspecified atom stereocenters. The topological polar surface area (TPSA) is 114 Å². The van der Waals surface area contributed by atoms with Crippen LogP contribution >= 0.6 is 70.6 Å². The Hall–Kier alpha value is -11.6. The van der Waals surface area contributed by atoms with E-state index in [2.05, 4.69) is 471 Å². The van der Waals surface area contributed by atoms with Crippen LogP contribution < -0.4 is 69.0 Å². The second-order valence-corrected chi connectivity index (χ2v) is 39.6. The van der Waals surface area contributed by atoms with Crippen LogP contribution in [0.5, 0.6) is 0 Å². The number of pyridine rings is 6. The van der Waals surface area contributed by atoms with E-state index in [0.717, 1.165) is 63.6 Å². The zero-order chi connectivity index (χ0) is 93.8. The van der Waals surface area contributed by atoms with E-state index in [1.807, 2.05) is 128 Å². The van der Waals surface area contributed by atoms with Crippen molar-refractivity contribution >= 4 is 146 Å². The minimum Gasteiger partial charge on any atom is -0.255 e. The molecule has 8 nitrogen and oxygen atoms in total. The van der Waals surface area contributed by atoms with Gasteiger partial charge in [-0.1, -0.05) is 443 Å². The van der Waals surface area contributed by atoms with Gasteiger partial charge in [0.2, 0.25) is 0 Å². The van der Waals surface area contributed by atoms with Crippen molar-refractivity contribution in [2.75, 3.05) is 0 Å². The van der Waals surface area contributed by atoms with Gasteiger partial charge >= 0.3 is 65.3 Å². The third kappa shape index (κ3) is 37.2. The first kappa shape index (κ1) is 113. The monoisotopic (exact) mass is 2110 g/mol. The van der Waals surface area contributed by atoms with Crippen molar-refractivity contribution in [1.82, 2.24) is 29.9 Å². The molecule has 13 aromatic carbocycles. The summed E-state index contributed by atoms with van der Waals surface area (Å²) in [5.41, 5.74) is 8.53. The Morgan fingerprint density at radius 2 is 0.449 bits per heavy atom. The van der Waals surface area contributed by atoms with Gasteiger partial charge in [-0.05, 0) is 187 Å². The molecule has 689 valence electrons. The minimum atomic E-state index is -0.933. The van der Waals surface area contributed by atoms with Gasteiger partial charge < -0.3 is 4.79 Å². The second kappa shape index (κ2) is 68.4. The Morgan fingerprint density at radius 1 is 0.265 bits per heavy atom. The molecule has 0 aliphatic rings. The van der Waals surface area contributed by atoms with Gasteiger partial charge in [-0.2, -0.15) is 0 Å². The Labute approximate surface area is 847 Å². The van der Waals surface area contributed by atoms with Crippen LogP contribution in [0.2, 0.25) is 0 Å². The summed E-state index contributed by atoms with van der Waals surface area (Å²) in [5.74, 6) is 0.431. The minimum absolute atomic E-state index is 0. The van der Waals surface area contributed by atoms with Crippen LogP contribution in [0.1, 0.15) is 53.2 Å². The fraction of sp³-hybridized carbons (Fsp3) is 0.0678. The number of aromatic nitrogens is 6. The molecular weight excluding hydrogens is 2000 g/mol. The molecule has 0 bridgehead atoms. The molecule has 19 aromatic rings. The Morgan fingerprint density at radius 3 is 0.669 bits per heavy atom. The maximum absolute atomic E-state index is 7.75. The number of alkyl halides is 1. The molecule has 0 N–H and O–H groups in total. The Kier molecular flexibility index (Phi) is 56.9. The quantitative estimate of drug-likeness (QED) is 0.0176. The first-order valence-corrected chi connectivity index (χ1v) is 55.1. The molecule has 0 atom stereocenters. The predicted molar refractivity (Wildman–Crippen MR) is 590 cm³/mol. The van der Waals surface area contributed by atoms with Gasteiger partial charge in [-0.3, -0.25) is 26.7 Å². The summed E-state index contributed by atoms with van der Waals surface area (Å²) in [6.45, 7) is 11.8. The maximum atomic E-state index is 7.75. The molecule has 0 saturated carbocycles. The SMILES string of the molecule is C.C.C.CC.ClCc1cccc(-c2ccccn2)n1.[C-]#[O+].[CH-]=O.[Cl][RuH].[Cl][Ru].c1ccc(P(Cc2cccc(-c3ccccn3)n2)c2ccccc2)cc1.c1ccc(P(c2ccccc2)c2ccccc2)cc1.c1ccc(P(c2ccccc2)c2ccccc2)cc1.c1ccc(P(c2ccccc2)c2ccccc2)cc1.c1ccc([PH+](Cc2cccc(-c3ccccn3)n2)c2ccccc2)cc1. The number of hydrogen-bond acceptors (Lipinski definition) is 7. The van der Waals surface area contributed by atoms with Crippen LogP contribution in [0.4, 0.5) is 0 Å². The average molecular weight is 2110 g/mol. The molecule has 19 rings (SSSR count). The van der Waals surface area contributed by atoms with Gasteiger partial charge in [0, 0.05) is 30.4 Å². The van der Waals surface area contributed by atoms with Gasteiger partial charge in [-0.25, -0.2) is 9.97 Å². The summed E-state index contributed by atoms with van der Waals surface area (Å²) in [7, 11) is 6.42. The molecule has 0 aliphatic carbocycles. The van der Waals surface area contributed by atoms with E-state index in [1.54, 1.807) is 23.5 Å². The van der Waals surface area contributed by atoms with Gasteiger partial charge in [0.15, 0.2) is 0 Å². The zero-order valence-corrected chi connectivity index (χ0v) is 83.9. The van der Waals surface area contributed by atoms with Crippen LogP contribution in [0.15, 0.2) is 522 Å². The van der Waals surface area contributed by atoms with Crippen molar-refractivity contribution in [3.05, 3.63) is 546 Å². The summed E-state index contributed by atoms with van der Waals surface area (Å²) in [6.07, 6.45) is 7.26. The van der Waals surface area contributed by atoms with Crippen LogP contribution in [0.3, 0.4) is 0 Å². The molecule has 0 radical (unpaired) electrons. The van der Waals surface area contributed by atoms with Crippen molar-refractivity contribution in [1.29, 1.82) is 0 Å². The van der Waals surface area contributed by atoms with E-state index >= 15 is 0 Å². The van der Waals surface area contributed by atoms with E-state index in [-0.39, 0.29) is 22.3 Å². The van der Waals surface area contributed by atoms with Gasteiger partial charge in [0.25, 0.3) is 0 Å². The van der Waals surface area contributed by atoms with E-state index in [0.29, 0.717) is 5.88 Å². The molecular formula is C118H113Cl3N6O2P5Ru2. The van der Waals surface area contributed by atoms with Crippen molar-refractivity contribution in [3.8, 4) is 34.2 Å². The molecule has 6 heterocycles. The predicted octanol–water partition coefficient (Wildman–Crippen LogP) is 26.2. The Balaban J connectivity index is 0.000000247. The summed E-state index contributed by atoms with van der Waals surface area (Å²) < 4.78 is 7.50. The molecule has 18 heteroatoms. The molecule has 0 aliphatic heterocycles. The first-order chi connectivity index (χ1) is 66.0. The van der Waals surface area contributed by atoms with Crippen LogP contribution in [0.25, 0.3) is 34.2 Å². The largest absolute Gasteiger partial charge is 0.255 e. The zero-order valence-electron chi connectivity index (χ0n) is 73.5. The van der Waals surface area contributed by atoms with Gasteiger partial charge in [0.05, 0.1) is 70.0 Å². The number of hydrogen-bond donors (Lipinski definition) is 0. The number of benzene rings is 13. The summed E-state index contributed by atoms with van der Waals surface area (Å²) >= 11 is 9.15. The molecule has 6 aromatic heterocycles. The van der Waals surface area contributed by atoms with Crippen molar-refractivity contribution in [3.63, 3.8) is 0 Å². The summed E-state index contributed by atoms with van der Waals surface area (Å²) in [5, 5.41) is 18.2. The molecule has 0 amide bonds. The molecule has 0 spiro atoms. The van der Waals surface area contributed by atoms with E-state index in [9.17, 15) is 0 Å². The fourth-order valence-electron chi connectivity index (χ4n) is 13.7. The van der Waals surface area contributed by atoms with E-state index in [4.69, 9.17) is 31.0 Å².